The smallest absolute Gasteiger partial charge is 0.335 e. The molecule has 4 nitrogen and oxygen atoms in total. The van der Waals surface area contributed by atoms with Gasteiger partial charge in [-0.1, -0.05) is 0 Å². The van der Waals surface area contributed by atoms with Crippen LogP contribution in [0.25, 0.3) is 0 Å². The molecule has 0 spiro atoms. The molecule has 0 radical (unpaired) electrons. The topological polar surface area (TPSA) is 70.1 Å². The zero-order valence-electron chi connectivity index (χ0n) is 4.94. The lowest BCUT2D eigenvalue weighted by Crippen LogP contribution is -2.16. The van der Waals surface area contributed by atoms with Gasteiger partial charge in [0.15, 0.2) is 6.10 Å². The molecule has 0 amide bonds. The summed E-state index contributed by atoms with van der Waals surface area (Å²) in [6.45, 7) is 1.51. The highest BCUT2D eigenvalue weighted by Crippen LogP contribution is 2.24. The number of hydrogen-bond donors (Lipinski definition) is 2. The van der Waals surface area contributed by atoms with Crippen molar-refractivity contribution in [2.75, 3.05) is 0 Å². The van der Waals surface area contributed by atoms with Crippen molar-refractivity contribution in [3.05, 3.63) is 0 Å². The predicted octanol–water partition coefficient (Wildman–Crippen LogP) is -0.781. The first-order valence-electron chi connectivity index (χ1n) is 2.69. The van der Waals surface area contributed by atoms with Gasteiger partial charge >= 0.3 is 5.97 Å². The van der Waals surface area contributed by atoms with Crippen molar-refractivity contribution in [3.8, 4) is 0 Å². The molecule has 4 heteroatoms. The molecule has 0 saturated carbocycles. The number of ether oxygens (including phenoxy) is 1. The quantitative estimate of drug-likeness (QED) is 0.483. The van der Waals surface area contributed by atoms with Gasteiger partial charge in [-0.25, -0.2) is 4.79 Å². The van der Waals surface area contributed by atoms with Crippen LogP contribution in [-0.2, 0) is 9.53 Å². The summed E-state index contributed by atoms with van der Waals surface area (Å²) in [4.78, 5) is 10.0. The van der Waals surface area contributed by atoms with Crippen molar-refractivity contribution in [1.29, 1.82) is 0 Å². The average molecular weight is 132 g/mol. The van der Waals surface area contributed by atoms with Crippen molar-refractivity contribution in [3.63, 3.8) is 0 Å². The Bertz CT molecular complexity index is 131. The molecule has 1 fully saturated rings. The number of aliphatic carboxylic acids is 1. The number of aliphatic hydroxyl groups excluding tert-OH is 1. The van der Waals surface area contributed by atoms with E-state index in [0.717, 1.165) is 0 Å². The third kappa shape index (κ3) is 1.20. The minimum Gasteiger partial charge on any atom is -0.479 e. The van der Waals surface area contributed by atoms with Gasteiger partial charge in [-0.15, -0.1) is 0 Å². The van der Waals surface area contributed by atoms with E-state index < -0.39 is 24.3 Å². The summed E-state index contributed by atoms with van der Waals surface area (Å²) >= 11 is 0. The maximum Gasteiger partial charge on any atom is 0.335 e. The Morgan fingerprint density at radius 2 is 2.33 bits per heavy atom. The number of hydrogen-bond acceptors (Lipinski definition) is 3. The summed E-state index contributed by atoms with van der Waals surface area (Å²) in [7, 11) is 0. The third-order valence-corrected chi connectivity index (χ3v) is 1.24. The Balaban J connectivity index is 2.33. The maximum atomic E-state index is 10.0. The molecule has 9 heavy (non-hydrogen) atoms. The summed E-state index contributed by atoms with van der Waals surface area (Å²) in [6, 6.07) is 0. The lowest BCUT2D eigenvalue weighted by molar-refractivity contribution is -0.138. The van der Waals surface area contributed by atoms with Gasteiger partial charge in [-0.2, -0.15) is 0 Å². The second kappa shape index (κ2) is 1.97. The van der Waals surface area contributed by atoms with Gasteiger partial charge in [-0.05, 0) is 6.92 Å². The molecule has 52 valence electrons. The van der Waals surface area contributed by atoms with E-state index in [9.17, 15) is 4.79 Å². The van der Waals surface area contributed by atoms with Gasteiger partial charge in [0, 0.05) is 0 Å². The molecule has 0 aliphatic carbocycles. The molecular weight excluding hydrogens is 124 g/mol. The molecule has 1 heterocycles. The second-order valence-corrected chi connectivity index (χ2v) is 2.10. The van der Waals surface area contributed by atoms with Gasteiger partial charge in [0.05, 0.1) is 6.10 Å². The van der Waals surface area contributed by atoms with E-state index in [1.54, 1.807) is 0 Å². The van der Waals surface area contributed by atoms with Crippen molar-refractivity contribution in [2.45, 2.75) is 25.2 Å². The first-order chi connectivity index (χ1) is 4.13. The third-order valence-electron chi connectivity index (χ3n) is 1.24. The molecule has 0 bridgehead atoms. The summed E-state index contributed by atoms with van der Waals surface area (Å²) in [5.41, 5.74) is 0. The lowest BCUT2D eigenvalue weighted by atomic mass is 10.2. The monoisotopic (exact) mass is 132 g/mol. The fraction of sp³-hybridized carbons (Fsp3) is 0.800. The Morgan fingerprint density at radius 3 is 2.44 bits per heavy atom. The van der Waals surface area contributed by atoms with Crippen LogP contribution in [0.2, 0.25) is 0 Å². The first kappa shape index (κ1) is 6.51. The molecule has 1 saturated heterocycles. The number of carboxylic acid groups (broad SMARTS) is 1. The molecular formula is C5H8O4. The lowest BCUT2D eigenvalue weighted by Gasteiger charge is -1.92. The summed E-state index contributed by atoms with van der Waals surface area (Å²) in [5.74, 6) is -0.999. The van der Waals surface area contributed by atoms with E-state index in [1.807, 2.05) is 0 Å². The van der Waals surface area contributed by atoms with Gasteiger partial charge in [0.2, 0.25) is 0 Å². The number of carboxylic acids is 1. The van der Waals surface area contributed by atoms with Gasteiger partial charge in [-0.3, -0.25) is 0 Å². The number of epoxide rings is 1. The highest BCUT2D eigenvalue weighted by atomic mass is 16.6. The normalized spacial score (nSPS) is 35.8. The van der Waals surface area contributed by atoms with E-state index in [4.69, 9.17) is 10.2 Å². The first-order valence-corrected chi connectivity index (χ1v) is 2.69. The van der Waals surface area contributed by atoms with Gasteiger partial charge in [0.25, 0.3) is 0 Å². The molecule has 1 aliphatic heterocycles. The SMILES string of the molecule is C[C@H](O)[C@@H]1O[C@@H]1C(=O)O. The molecule has 0 aromatic heterocycles. The zero-order chi connectivity index (χ0) is 7.02. The molecule has 3 atom stereocenters. The van der Waals surface area contributed by atoms with E-state index in [-0.39, 0.29) is 0 Å². The molecule has 1 rings (SSSR count). The fourth-order valence-electron chi connectivity index (χ4n) is 0.689. The minimum atomic E-state index is -0.999. The zero-order valence-corrected chi connectivity index (χ0v) is 4.94. The van der Waals surface area contributed by atoms with Gasteiger partial charge in [0.1, 0.15) is 6.10 Å². The van der Waals surface area contributed by atoms with Crippen LogP contribution in [-0.4, -0.2) is 34.5 Å². The van der Waals surface area contributed by atoms with Crippen LogP contribution in [0.5, 0.6) is 0 Å². The van der Waals surface area contributed by atoms with Crippen molar-refractivity contribution in [1.82, 2.24) is 0 Å². The largest absolute Gasteiger partial charge is 0.479 e. The fourth-order valence-corrected chi connectivity index (χ4v) is 0.689. The number of carbonyl (C=O) groups is 1. The summed E-state index contributed by atoms with van der Waals surface area (Å²) in [6.07, 6.45) is -1.93. The molecule has 2 N–H and O–H groups in total. The van der Waals surface area contributed by atoms with E-state index >= 15 is 0 Å². The Morgan fingerprint density at radius 1 is 1.78 bits per heavy atom. The van der Waals surface area contributed by atoms with Gasteiger partial charge < -0.3 is 14.9 Å². The van der Waals surface area contributed by atoms with Crippen LogP contribution >= 0.6 is 0 Å². The van der Waals surface area contributed by atoms with Crippen LogP contribution in [0.4, 0.5) is 0 Å². The van der Waals surface area contributed by atoms with Crippen LogP contribution in [0.15, 0.2) is 0 Å². The molecule has 0 aromatic carbocycles. The van der Waals surface area contributed by atoms with Crippen LogP contribution in [0, 0.1) is 0 Å². The molecule has 0 aromatic rings. The highest BCUT2D eigenvalue weighted by molar-refractivity contribution is 5.75. The van der Waals surface area contributed by atoms with Crippen LogP contribution in [0.1, 0.15) is 6.92 Å². The van der Waals surface area contributed by atoms with E-state index in [1.165, 1.54) is 6.92 Å². The van der Waals surface area contributed by atoms with E-state index in [2.05, 4.69) is 4.74 Å². The van der Waals surface area contributed by atoms with Crippen molar-refractivity contribution >= 4 is 5.97 Å². The molecule has 1 aliphatic rings. The predicted molar refractivity (Wildman–Crippen MR) is 28.0 cm³/mol. The number of rotatable bonds is 2. The Hall–Kier alpha value is -0.610. The standard InChI is InChI=1S/C5H8O4/c1-2(6)3-4(9-3)5(7)8/h2-4,6H,1H3,(H,7,8)/t2-,3-,4-/m0/s1. The van der Waals surface area contributed by atoms with Crippen LogP contribution < -0.4 is 0 Å². The van der Waals surface area contributed by atoms with Crippen LogP contribution in [0.3, 0.4) is 0 Å². The Kier molecular flexibility index (Phi) is 1.42. The Labute approximate surface area is 52.1 Å². The maximum absolute atomic E-state index is 10.0. The summed E-state index contributed by atoms with van der Waals surface area (Å²) in [5, 5.41) is 17.0. The second-order valence-electron chi connectivity index (χ2n) is 2.10. The molecule has 0 unspecified atom stereocenters. The van der Waals surface area contributed by atoms with E-state index in [0.29, 0.717) is 0 Å². The number of aliphatic hydroxyl groups is 1. The summed E-state index contributed by atoms with van der Waals surface area (Å²) < 4.78 is 4.59. The van der Waals surface area contributed by atoms with Crippen molar-refractivity contribution < 1.29 is 19.7 Å². The average Bonchev–Trinajstić information content (AvgIpc) is 2.39. The minimum absolute atomic E-state index is 0.484. The van der Waals surface area contributed by atoms with Crippen molar-refractivity contribution in [2.24, 2.45) is 0 Å². The highest BCUT2D eigenvalue weighted by Gasteiger charge is 2.48.